The number of H-pyrrole nitrogens is 1. The molecule has 1 aromatic heterocycles. The van der Waals surface area contributed by atoms with Crippen LogP contribution in [0.25, 0.3) is 10.9 Å². The summed E-state index contributed by atoms with van der Waals surface area (Å²) in [5, 5.41) is 4.82. The van der Waals surface area contributed by atoms with E-state index in [1.807, 2.05) is 7.05 Å². The van der Waals surface area contributed by atoms with Crippen molar-refractivity contribution in [1.29, 1.82) is 0 Å². The molecule has 5 heteroatoms. The average molecular weight is 428 g/mol. The smallest absolute Gasteiger partial charge is 0.193 e. The SMILES string of the molecule is CCCCN(C)C(=NC)NCCc1c[nH]c2cccc(C)c12.I. The van der Waals surface area contributed by atoms with E-state index < -0.39 is 0 Å². The summed E-state index contributed by atoms with van der Waals surface area (Å²) in [5.74, 6) is 0.977. The van der Waals surface area contributed by atoms with Gasteiger partial charge in [-0.15, -0.1) is 24.0 Å². The van der Waals surface area contributed by atoms with E-state index in [9.17, 15) is 0 Å². The molecule has 0 amide bonds. The maximum atomic E-state index is 4.36. The highest BCUT2D eigenvalue weighted by atomic mass is 127. The highest BCUT2D eigenvalue weighted by Gasteiger charge is 2.08. The van der Waals surface area contributed by atoms with Crippen molar-refractivity contribution in [2.75, 3.05) is 27.2 Å². The number of fused-ring (bicyclic) bond motifs is 1. The Kier molecular flexibility index (Phi) is 8.44. The van der Waals surface area contributed by atoms with Crippen LogP contribution in [0.15, 0.2) is 29.4 Å². The molecule has 0 aliphatic rings. The molecule has 1 aromatic carbocycles. The molecule has 0 atom stereocenters. The molecule has 2 rings (SSSR count). The van der Waals surface area contributed by atoms with Gasteiger partial charge in [-0.2, -0.15) is 0 Å². The quantitative estimate of drug-likeness (QED) is 0.416. The van der Waals surface area contributed by atoms with Crippen LogP contribution in [0.5, 0.6) is 0 Å². The Morgan fingerprint density at radius 3 is 2.83 bits per heavy atom. The lowest BCUT2D eigenvalue weighted by molar-refractivity contribution is 0.465. The summed E-state index contributed by atoms with van der Waals surface area (Å²) in [5.41, 5.74) is 3.92. The van der Waals surface area contributed by atoms with Crippen molar-refractivity contribution in [2.24, 2.45) is 4.99 Å². The standard InChI is InChI=1S/C18H28N4.HI/c1-5-6-12-22(4)18(19-3)20-11-10-15-13-21-16-9-7-8-14(2)17(15)16;/h7-9,13,21H,5-6,10-12H2,1-4H3,(H,19,20);1H. The van der Waals surface area contributed by atoms with Crippen LogP contribution in [0.1, 0.15) is 30.9 Å². The number of hydrogen-bond donors (Lipinski definition) is 2. The summed E-state index contributed by atoms with van der Waals surface area (Å²) in [7, 11) is 3.95. The summed E-state index contributed by atoms with van der Waals surface area (Å²) in [6, 6.07) is 6.40. The van der Waals surface area contributed by atoms with Gasteiger partial charge in [0.1, 0.15) is 0 Å². The summed E-state index contributed by atoms with van der Waals surface area (Å²) in [4.78, 5) is 9.92. The van der Waals surface area contributed by atoms with Crippen LogP contribution < -0.4 is 5.32 Å². The minimum absolute atomic E-state index is 0. The molecule has 0 saturated heterocycles. The first-order valence-corrected chi connectivity index (χ1v) is 8.14. The van der Waals surface area contributed by atoms with Gasteiger partial charge in [0.05, 0.1) is 0 Å². The average Bonchev–Trinajstić information content (AvgIpc) is 2.94. The van der Waals surface area contributed by atoms with Crippen molar-refractivity contribution in [1.82, 2.24) is 15.2 Å². The van der Waals surface area contributed by atoms with Crippen molar-refractivity contribution in [3.8, 4) is 0 Å². The molecule has 0 radical (unpaired) electrons. The minimum Gasteiger partial charge on any atom is -0.361 e. The lowest BCUT2D eigenvalue weighted by Crippen LogP contribution is -2.40. The van der Waals surface area contributed by atoms with Gasteiger partial charge in [0, 0.05) is 44.3 Å². The molecule has 23 heavy (non-hydrogen) atoms. The van der Waals surface area contributed by atoms with Gasteiger partial charge in [-0.3, -0.25) is 4.99 Å². The topological polar surface area (TPSA) is 43.4 Å². The zero-order valence-corrected chi connectivity index (χ0v) is 17.0. The number of rotatable bonds is 6. The Morgan fingerprint density at radius 1 is 1.35 bits per heavy atom. The van der Waals surface area contributed by atoms with E-state index in [4.69, 9.17) is 0 Å². The number of aromatic nitrogens is 1. The van der Waals surface area contributed by atoms with E-state index in [1.165, 1.54) is 34.9 Å². The van der Waals surface area contributed by atoms with Gasteiger partial charge in [-0.25, -0.2) is 0 Å². The number of aromatic amines is 1. The number of unbranched alkanes of at least 4 members (excludes halogenated alkanes) is 1. The summed E-state index contributed by atoms with van der Waals surface area (Å²) >= 11 is 0. The zero-order chi connectivity index (χ0) is 15.9. The number of nitrogens with one attached hydrogen (secondary N) is 2. The fourth-order valence-corrected chi connectivity index (χ4v) is 2.84. The van der Waals surface area contributed by atoms with E-state index >= 15 is 0 Å². The molecule has 2 aromatic rings. The second kappa shape index (κ2) is 9.80. The number of benzene rings is 1. The van der Waals surface area contributed by atoms with Gasteiger partial charge in [-0.05, 0) is 37.0 Å². The summed E-state index contributed by atoms with van der Waals surface area (Å²) in [6.07, 6.45) is 5.52. The van der Waals surface area contributed by atoms with Gasteiger partial charge >= 0.3 is 0 Å². The predicted octanol–water partition coefficient (Wildman–Crippen LogP) is 3.94. The van der Waals surface area contributed by atoms with Crippen molar-refractivity contribution in [3.63, 3.8) is 0 Å². The Labute approximate surface area is 156 Å². The normalized spacial score (nSPS) is 11.4. The molecule has 0 bridgehead atoms. The number of hydrogen-bond acceptors (Lipinski definition) is 1. The molecule has 0 unspecified atom stereocenters. The third-order valence-electron chi connectivity index (χ3n) is 4.09. The van der Waals surface area contributed by atoms with Crippen LogP contribution in [0.4, 0.5) is 0 Å². The van der Waals surface area contributed by atoms with Gasteiger partial charge < -0.3 is 15.2 Å². The van der Waals surface area contributed by atoms with Crippen LogP contribution in [0.2, 0.25) is 0 Å². The third kappa shape index (κ3) is 5.12. The van der Waals surface area contributed by atoms with Gasteiger partial charge in [0.2, 0.25) is 0 Å². The van der Waals surface area contributed by atoms with E-state index in [2.05, 4.69) is 65.5 Å². The van der Waals surface area contributed by atoms with Crippen molar-refractivity contribution in [2.45, 2.75) is 33.1 Å². The van der Waals surface area contributed by atoms with Crippen molar-refractivity contribution in [3.05, 3.63) is 35.5 Å². The fourth-order valence-electron chi connectivity index (χ4n) is 2.84. The monoisotopic (exact) mass is 428 g/mol. The number of nitrogens with zero attached hydrogens (tertiary/aromatic N) is 2. The molecule has 4 nitrogen and oxygen atoms in total. The van der Waals surface area contributed by atoms with Gasteiger partial charge in [0.15, 0.2) is 5.96 Å². The first kappa shape index (κ1) is 19.8. The molecular formula is C18H29IN4. The number of halogens is 1. The Balaban J connectivity index is 0.00000264. The molecule has 0 fully saturated rings. The van der Waals surface area contributed by atoms with Crippen LogP contribution in [-0.2, 0) is 6.42 Å². The maximum Gasteiger partial charge on any atom is 0.193 e. The Bertz CT molecular complexity index is 633. The second-order valence-corrected chi connectivity index (χ2v) is 5.81. The van der Waals surface area contributed by atoms with Crippen LogP contribution in [0.3, 0.4) is 0 Å². The molecule has 1 heterocycles. The molecule has 2 N–H and O–H groups in total. The maximum absolute atomic E-state index is 4.36. The molecule has 0 aliphatic heterocycles. The Hall–Kier alpha value is -1.24. The number of guanidine groups is 1. The third-order valence-corrected chi connectivity index (χ3v) is 4.09. The molecular weight excluding hydrogens is 399 g/mol. The predicted molar refractivity (Wildman–Crippen MR) is 111 cm³/mol. The van der Waals surface area contributed by atoms with Gasteiger partial charge in [-0.1, -0.05) is 25.5 Å². The zero-order valence-electron chi connectivity index (χ0n) is 14.6. The second-order valence-electron chi connectivity index (χ2n) is 5.81. The lowest BCUT2D eigenvalue weighted by Gasteiger charge is -2.21. The van der Waals surface area contributed by atoms with E-state index in [0.717, 1.165) is 25.5 Å². The van der Waals surface area contributed by atoms with Gasteiger partial charge in [0.25, 0.3) is 0 Å². The molecule has 0 aliphatic carbocycles. The summed E-state index contributed by atoms with van der Waals surface area (Å²) in [6.45, 7) is 6.32. The van der Waals surface area contributed by atoms with Crippen LogP contribution >= 0.6 is 24.0 Å². The van der Waals surface area contributed by atoms with E-state index in [-0.39, 0.29) is 24.0 Å². The van der Waals surface area contributed by atoms with Crippen LogP contribution in [-0.4, -0.2) is 43.0 Å². The molecule has 128 valence electrons. The summed E-state index contributed by atoms with van der Waals surface area (Å²) < 4.78 is 0. The highest BCUT2D eigenvalue weighted by Crippen LogP contribution is 2.22. The van der Waals surface area contributed by atoms with Crippen LogP contribution in [0, 0.1) is 6.92 Å². The molecule has 0 spiro atoms. The van der Waals surface area contributed by atoms with Crippen molar-refractivity contribution < 1.29 is 0 Å². The fraction of sp³-hybridized carbons (Fsp3) is 0.500. The van der Waals surface area contributed by atoms with E-state index in [1.54, 1.807) is 0 Å². The largest absolute Gasteiger partial charge is 0.361 e. The first-order valence-electron chi connectivity index (χ1n) is 8.14. The van der Waals surface area contributed by atoms with Crippen molar-refractivity contribution >= 4 is 40.8 Å². The first-order chi connectivity index (χ1) is 10.7. The number of aryl methyl sites for hydroxylation is 1. The van der Waals surface area contributed by atoms with E-state index in [0.29, 0.717) is 0 Å². The number of aliphatic imine (C=N–C) groups is 1. The lowest BCUT2D eigenvalue weighted by atomic mass is 10.1. The minimum atomic E-state index is 0. The Morgan fingerprint density at radius 2 is 2.13 bits per heavy atom. The molecule has 0 saturated carbocycles. The highest BCUT2D eigenvalue weighted by molar-refractivity contribution is 14.0.